The van der Waals surface area contributed by atoms with Crippen LogP contribution in [-0.4, -0.2) is 51.5 Å². The van der Waals surface area contributed by atoms with E-state index in [0.717, 1.165) is 18.7 Å². The number of aromatic amines is 1. The lowest BCUT2D eigenvalue weighted by molar-refractivity contribution is 0.0409. The Morgan fingerprint density at radius 1 is 1.43 bits per heavy atom. The van der Waals surface area contributed by atoms with E-state index in [9.17, 15) is 9.90 Å². The number of carbonyl (C=O) groups is 1. The quantitative estimate of drug-likeness (QED) is 0.628. The molecule has 3 rings (SSSR count). The molecule has 23 heavy (non-hydrogen) atoms. The molecule has 1 aromatic carbocycles. The second kappa shape index (κ2) is 7.37. The van der Waals surface area contributed by atoms with E-state index in [0.29, 0.717) is 24.2 Å². The number of carbonyl (C=O) groups excluding carboxylic acids is 1. The second-order valence-electron chi connectivity index (χ2n) is 5.62. The third-order valence-corrected chi connectivity index (χ3v) is 4.07. The molecule has 1 atom stereocenters. The first-order chi connectivity index (χ1) is 10.6. The van der Waals surface area contributed by atoms with E-state index >= 15 is 0 Å². The summed E-state index contributed by atoms with van der Waals surface area (Å²) in [6, 6.07) is 7.51. The van der Waals surface area contributed by atoms with Crippen molar-refractivity contribution < 1.29 is 9.90 Å². The molecule has 1 fully saturated rings. The van der Waals surface area contributed by atoms with Crippen molar-refractivity contribution in [2.24, 2.45) is 0 Å². The third kappa shape index (κ3) is 3.88. The highest BCUT2D eigenvalue weighted by Gasteiger charge is 2.39. The summed E-state index contributed by atoms with van der Waals surface area (Å²) in [6.07, 6.45) is 2.21. The average molecular weight is 429 g/mol. The van der Waals surface area contributed by atoms with Gasteiger partial charge in [-0.1, -0.05) is 12.1 Å². The predicted molar refractivity (Wildman–Crippen MR) is 95.4 cm³/mol. The number of halogens is 1. The highest BCUT2D eigenvalue weighted by molar-refractivity contribution is 14.0. The number of aromatic nitrogens is 3. The van der Waals surface area contributed by atoms with Gasteiger partial charge >= 0.3 is 0 Å². The monoisotopic (exact) mass is 429 g/mol. The number of β-amino-alcohol motifs (C(OH)–C–C–N with tert-alkyl or cyclic N) is 1. The van der Waals surface area contributed by atoms with Gasteiger partial charge in [0, 0.05) is 32.2 Å². The summed E-state index contributed by atoms with van der Waals surface area (Å²) in [5, 5.41) is 23.5. The largest absolute Gasteiger partial charge is 0.382 e. The Morgan fingerprint density at radius 3 is 2.78 bits per heavy atom. The molecule has 2 heterocycles. The van der Waals surface area contributed by atoms with Crippen molar-refractivity contribution in [2.45, 2.75) is 18.6 Å². The SMILES string of the molecule is CNC(=O)c1ccc(CN2CCC(O)(c3cn[nH]n3)C2)cc1.I. The second-order valence-corrected chi connectivity index (χ2v) is 5.62. The molecular formula is C15H20IN5O2. The number of benzene rings is 1. The standard InChI is InChI=1S/C15H19N5O2.HI/c1-16-14(21)12-4-2-11(3-5-12)9-20-7-6-15(22,10-20)13-8-17-19-18-13;/h2-5,8,22H,6-7,9-10H2,1H3,(H,16,21)(H,17,18,19);1H. The van der Waals surface area contributed by atoms with Crippen molar-refractivity contribution in [3.05, 3.63) is 47.3 Å². The smallest absolute Gasteiger partial charge is 0.251 e. The van der Waals surface area contributed by atoms with Gasteiger partial charge in [0.25, 0.3) is 5.91 Å². The summed E-state index contributed by atoms with van der Waals surface area (Å²) < 4.78 is 0. The first-order valence-electron chi connectivity index (χ1n) is 7.23. The van der Waals surface area contributed by atoms with Gasteiger partial charge < -0.3 is 10.4 Å². The third-order valence-electron chi connectivity index (χ3n) is 4.07. The zero-order valence-electron chi connectivity index (χ0n) is 12.8. The predicted octanol–water partition coefficient (Wildman–Crippen LogP) is 0.876. The van der Waals surface area contributed by atoms with Gasteiger partial charge in [0.2, 0.25) is 0 Å². The summed E-state index contributed by atoms with van der Waals surface area (Å²) in [5.74, 6) is -0.0897. The zero-order valence-corrected chi connectivity index (χ0v) is 15.2. The van der Waals surface area contributed by atoms with Crippen molar-refractivity contribution >= 4 is 29.9 Å². The fraction of sp³-hybridized carbons (Fsp3) is 0.400. The highest BCUT2D eigenvalue weighted by atomic mass is 127. The van der Waals surface area contributed by atoms with Crippen LogP contribution in [0.1, 0.15) is 28.0 Å². The topological polar surface area (TPSA) is 94.1 Å². The molecule has 1 aliphatic rings. The molecule has 124 valence electrons. The van der Waals surface area contributed by atoms with Crippen molar-refractivity contribution in [3.8, 4) is 0 Å². The minimum Gasteiger partial charge on any atom is -0.382 e. The van der Waals surface area contributed by atoms with Crippen LogP contribution < -0.4 is 5.32 Å². The molecule has 2 aromatic rings. The average Bonchev–Trinajstić information content (AvgIpc) is 3.18. The maximum absolute atomic E-state index is 11.5. The molecule has 1 aromatic heterocycles. The van der Waals surface area contributed by atoms with E-state index in [1.54, 1.807) is 13.2 Å². The molecule has 0 aliphatic carbocycles. The van der Waals surface area contributed by atoms with E-state index in [2.05, 4.69) is 25.6 Å². The molecule has 0 spiro atoms. The lowest BCUT2D eigenvalue weighted by Gasteiger charge is -2.21. The zero-order chi connectivity index (χ0) is 15.6. The number of hydrogen-bond donors (Lipinski definition) is 3. The van der Waals surface area contributed by atoms with Gasteiger partial charge in [0.1, 0.15) is 11.3 Å². The molecule has 0 saturated carbocycles. The molecule has 0 bridgehead atoms. The van der Waals surface area contributed by atoms with Crippen LogP contribution in [0.4, 0.5) is 0 Å². The van der Waals surface area contributed by atoms with E-state index in [-0.39, 0.29) is 29.9 Å². The number of nitrogens with one attached hydrogen (secondary N) is 2. The Balaban J connectivity index is 0.00000192. The van der Waals surface area contributed by atoms with Crippen molar-refractivity contribution in [1.29, 1.82) is 0 Å². The van der Waals surface area contributed by atoms with E-state index < -0.39 is 5.60 Å². The fourth-order valence-electron chi connectivity index (χ4n) is 2.81. The van der Waals surface area contributed by atoms with Gasteiger partial charge in [-0.05, 0) is 24.1 Å². The number of hydrogen-bond acceptors (Lipinski definition) is 5. The molecule has 8 heteroatoms. The number of H-pyrrole nitrogens is 1. The first-order valence-corrected chi connectivity index (χ1v) is 7.23. The Kier molecular flexibility index (Phi) is 5.71. The van der Waals surface area contributed by atoms with Gasteiger partial charge in [0.05, 0.1) is 6.20 Å². The number of rotatable bonds is 4. The number of amides is 1. The minimum atomic E-state index is -0.935. The molecule has 0 radical (unpaired) electrons. The molecule has 3 N–H and O–H groups in total. The Hall–Kier alpha value is -1.52. The van der Waals surface area contributed by atoms with Crippen LogP contribution in [-0.2, 0) is 12.1 Å². The number of aliphatic hydroxyl groups is 1. The van der Waals surface area contributed by atoms with Crippen LogP contribution in [0.5, 0.6) is 0 Å². The highest BCUT2D eigenvalue weighted by Crippen LogP contribution is 2.30. The van der Waals surface area contributed by atoms with Crippen LogP contribution in [0.2, 0.25) is 0 Å². The summed E-state index contributed by atoms with van der Waals surface area (Å²) in [7, 11) is 1.62. The van der Waals surface area contributed by atoms with Crippen LogP contribution >= 0.6 is 24.0 Å². The van der Waals surface area contributed by atoms with E-state index in [1.165, 1.54) is 0 Å². The fourth-order valence-corrected chi connectivity index (χ4v) is 2.81. The lowest BCUT2D eigenvalue weighted by atomic mass is 10.00. The minimum absolute atomic E-state index is 0. The van der Waals surface area contributed by atoms with Crippen molar-refractivity contribution in [2.75, 3.05) is 20.1 Å². The van der Waals surface area contributed by atoms with Gasteiger partial charge in [-0.2, -0.15) is 15.4 Å². The number of nitrogens with zero attached hydrogens (tertiary/aromatic N) is 3. The van der Waals surface area contributed by atoms with Crippen LogP contribution in [0.3, 0.4) is 0 Å². The molecule has 1 unspecified atom stereocenters. The molecular weight excluding hydrogens is 409 g/mol. The van der Waals surface area contributed by atoms with Crippen molar-refractivity contribution in [3.63, 3.8) is 0 Å². The van der Waals surface area contributed by atoms with Gasteiger partial charge in [-0.3, -0.25) is 9.69 Å². The maximum atomic E-state index is 11.5. The Bertz CT molecular complexity index is 646. The Labute approximate surface area is 151 Å². The first kappa shape index (κ1) is 17.8. The normalized spacial score (nSPS) is 21.0. The van der Waals surface area contributed by atoms with Crippen LogP contribution in [0, 0.1) is 0 Å². The maximum Gasteiger partial charge on any atom is 0.251 e. The van der Waals surface area contributed by atoms with Crippen LogP contribution in [0.15, 0.2) is 30.5 Å². The Morgan fingerprint density at radius 2 is 2.17 bits per heavy atom. The van der Waals surface area contributed by atoms with Crippen molar-refractivity contribution in [1.82, 2.24) is 25.6 Å². The summed E-state index contributed by atoms with van der Waals surface area (Å²) in [4.78, 5) is 13.7. The summed E-state index contributed by atoms with van der Waals surface area (Å²) in [5.41, 5.74) is 1.41. The van der Waals surface area contributed by atoms with Gasteiger partial charge in [0.15, 0.2) is 0 Å². The molecule has 1 aliphatic heterocycles. The summed E-state index contributed by atoms with van der Waals surface area (Å²) >= 11 is 0. The van der Waals surface area contributed by atoms with Gasteiger partial charge in [-0.25, -0.2) is 0 Å². The van der Waals surface area contributed by atoms with Gasteiger partial charge in [-0.15, -0.1) is 24.0 Å². The van der Waals surface area contributed by atoms with E-state index in [1.807, 2.05) is 24.3 Å². The molecule has 7 nitrogen and oxygen atoms in total. The van der Waals surface area contributed by atoms with Crippen LogP contribution in [0.25, 0.3) is 0 Å². The summed E-state index contributed by atoms with van der Waals surface area (Å²) in [6.45, 7) is 2.05. The molecule has 1 amide bonds. The lowest BCUT2D eigenvalue weighted by Crippen LogP contribution is -2.31. The van der Waals surface area contributed by atoms with E-state index in [4.69, 9.17) is 0 Å². The molecule has 1 saturated heterocycles. The number of likely N-dealkylation sites (tertiary alicyclic amines) is 1.